The van der Waals surface area contributed by atoms with Crippen LogP contribution in [0.25, 0.3) is 0 Å². The van der Waals surface area contributed by atoms with Crippen molar-refractivity contribution >= 4 is 15.7 Å². The van der Waals surface area contributed by atoms with Gasteiger partial charge < -0.3 is 9.67 Å². The van der Waals surface area contributed by atoms with E-state index in [9.17, 15) is 12.8 Å². The summed E-state index contributed by atoms with van der Waals surface area (Å²) in [5.41, 5.74) is 0.760. The summed E-state index contributed by atoms with van der Waals surface area (Å²) in [7, 11) is -2.14. The third kappa shape index (κ3) is 2.93. The minimum absolute atomic E-state index is 0.0696. The van der Waals surface area contributed by atoms with E-state index in [1.54, 1.807) is 24.6 Å². The van der Waals surface area contributed by atoms with Crippen molar-refractivity contribution in [1.82, 2.24) is 4.57 Å². The number of rotatable bonds is 5. The fourth-order valence-corrected chi connectivity index (χ4v) is 3.69. The predicted molar refractivity (Wildman–Crippen MR) is 77.9 cm³/mol. The van der Waals surface area contributed by atoms with E-state index in [-0.39, 0.29) is 23.7 Å². The highest BCUT2D eigenvalue weighted by atomic mass is 32.2. The zero-order chi connectivity index (χ0) is 15.6. The molecule has 5 nitrogen and oxygen atoms in total. The molecule has 0 aliphatic heterocycles. The highest BCUT2D eigenvalue weighted by Crippen LogP contribution is 2.25. The molecule has 21 heavy (non-hydrogen) atoms. The van der Waals surface area contributed by atoms with Crippen LogP contribution < -0.4 is 4.31 Å². The van der Waals surface area contributed by atoms with E-state index in [1.807, 2.05) is 0 Å². The van der Waals surface area contributed by atoms with Crippen LogP contribution in [0.5, 0.6) is 0 Å². The first kappa shape index (κ1) is 15.5. The highest BCUT2D eigenvalue weighted by molar-refractivity contribution is 7.92. The number of aliphatic hydroxyl groups is 1. The Morgan fingerprint density at radius 3 is 2.57 bits per heavy atom. The van der Waals surface area contributed by atoms with Crippen LogP contribution >= 0.6 is 0 Å². The second-order valence-electron chi connectivity index (χ2n) is 4.59. The van der Waals surface area contributed by atoms with Gasteiger partial charge in [-0.25, -0.2) is 12.8 Å². The topological polar surface area (TPSA) is 62.5 Å². The number of anilines is 1. The molecule has 114 valence electrons. The summed E-state index contributed by atoms with van der Waals surface area (Å²) in [5, 5.41) is 9.17. The molecule has 0 fully saturated rings. The average molecular weight is 312 g/mol. The Labute approximate surface area is 123 Å². The van der Waals surface area contributed by atoms with Crippen LogP contribution in [0.2, 0.25) is 0 Å². The molecule has 0 bridgehead atoms. The molecule has 0 unspecified atom stereocenters. The monoisotopic (exact) mass is 312 g/mol. The van der Waals surface area contributed by atoms with Crippen molar-refractivity contribution in [1.29, 1.82) is 0 Å². The van der Waals surface area contributed by atoms with Crippen LogP contribution in [-0.4, -0.2) is 24.6 Å². The van der Waals surface area contributed by atoms with Crippen molar-refractivity contribution in [3.8, 4) is 0 Å². The number of aliphatic hydroxyl groups excluding tert-OH is 1. The summed E-state index contributed by atoms with van der Waals surface area (Å²) in [6, 6.07) is 6.86. The molecule has 1 N–H and O–H groups in total. The zero-order valence-electron chi connectivity index (χ0n) is 11.8. The minimum atomic E-state index is -3.80. The minimum Gasteiger partial charge on any atom is -0.390 e. The Kier molecular flexibility index (Phi) is 4.34. The van der Waals surface area contributed by atoms with Crippen LogP contribution in [0, 0.1) is 5.82 Å². The zero-order valence-corrected chi connectivity index (χ0v) is 12.6. The molecular formula is C14H17FN2O3S. The predicted octanol–water partition coefficient (Wildman–Crippen LogP) is 1.87. The second kappa shape index (κ2) is 5.87. The quantitative estimate of drug-likeness (QED) is 0.917. The lowest BCUT2D eigenvalue weighted by Gasteiger charge is -2.22. The van der Waals surface area contributed by atoms with Gasteiger partial charge in [0.25, 0.3) is 10.0 Å². The number of halogens is 1. The Morgan fingerprint density at radius 2 is 2.05 bits per heavy atom. The maximum atomic E-state index is 13.3. The van der Waals surface area contributed by atoms with E-state index < -0.39 is 15.8 Å². The van der Waals surface area contributed by atoms with Gasteiger partial charge in [-0.1, -0.05) is 6.07 Å². The number of hydrogen-bond acceptors (Lipinski definition) is 3. The highest BCUT2D eigenvalue weighted by Gasteiger charge is 2.25. The van der Waals surface area contributed by atoms with E-state index in [0.29, 0.717) is 5.69 Å². The van der Waals surface area contributed by atoms with Crippen molar-refractivity contribution < 1.29 is 17.9 Å². The van der Waals surface area contributed by atoms with Gasteiger partial charge >= 0.3 is 0 Å². The molecule has 0 spiro atoms. The molecule has 0 aliphatic carbocycles. The molecule has 0 saturated carbocycles. The smallest absolute Gasteiger partial charge is 0.265 e. The van der Waals surface area contributed by atoms with E-state index in [0.717, 1.165) is 4.31 Å². The first-order chi connectivity index (χ1) is 9.90. The van der Waals surface area contributed by atoms with Crippen LogP contribution in [0.4, 0.5) is 10.1 Å². The second-order valence-corrected chi connectivity index (χ2v) is 6.45. The summed E-state index contributed by atoms with van der Waals surface area (Å²) >= 11 is 0. The normalized spacial score (nSPS) is 11.6. The van der Waals surface area contributed by atoms with Gasteiger partial charge in [-0.2, -0.15) is 0 Å². The standard InChI is InChI=1S/C14H17FN2O3S/c1-3-17(12-6-4-5-11(15)7-12)21(19,20)14-8-13(10-18)16(2)9-14/h4-9,18H,3,10H2,1-2H3. The van der Waals surface area contributed by atoms with E-state index in [4.69, 9.17) is 5.11 Å². The Morgan fingerprint density at radius 1 is 1.33 bits per heavy atom. The molecule has 0 atom stereocenters. The van der Waals surface area contributed by atoms with Gasteiger partial charge in [0, 0.05) is 25.5 Å². The number of aryl methyl sites for hydroxylation is 1. The Bertz CT molecular complexity index is 740. The number of aromatic nitrogens is 1. The van der Waals surface area contributed by atoms with Gasteiger partial charge in [0.1, 0.15) is 10.7 Å². The van der Waals surface area contributed by atoms with Gasteiger partial charge in [-0.3, -0.25) is 4.31 Å². The van der Waals surface area contributed by atoms with Crippen LogP contribution in [0.15, 0.2) is 41.4 Å². The number of nitrogens with zero attached hydrogens (tertiary/aromatic N) is 2. The van der Waals surface area contributed by atoms with Crippen molar-refractivity contribution in [2.24, 2.45) is 7.05 Å². The van der Waals surface area contributed by atoms with Crippen molar-refractivity contribution in [2.75, 3.05) is 10.8 Å². The molecule has 1 aromatic heterocycles. The maximum absolute atomic E-state index is 13.3. The van der Waals surface area contributed by atoms with Crippen LogP contribution in [0.1, 0.15) is 12.6 Å². The van der Waals surface area contributed by atoms with Gasteiger partial charge in [-0.05, 0) is 31.2 Å². The fraction of sp³-hybridized carbons (Fsp3) is 0.286. The van der Waals surface area contributed by atoms with Crippen molar-refractivity contribution in [3.05, 3.63) is 48.0 Å². The van der Waals surface area contributed by atoms with E-state index >= 15 is 0 Å². The Hall–Kier alpha value is -1.86. The first-order valence-corrected chi connectivity index (χ1v) is 7.88. The largest absolute Gasteiger partial charge is 0.390 e. The SMILES string of the molecule is CCN(c1cccc(F)c1)S(=O)(=O)c1cc(CO)n(C)c1. The van der Waals surface area contributed by atoms with E-state index in [2.05, 4.69) is 0 Å². The molecule has 0 amide bonds. The van der Waals surface area contributed by atoms with Crippen molar-refractivity contribution in [2.45, 2.75) is 18.4 Å². The Balaban J connectivity index is 2.49. The third-order valence-electron chi connectivity index (χ3n) is 3.22. The molecule has 2 aromatic rings. The van der Waals surface area contributed by atoms with Crippen molar-refractivity contribution in [3.63, 3.8) is 0 Å². The first-order valence-electron chi connectivity index (χ1n) is 6.44. The lowest BCUT2D eigenvalue weighted by atomic mass is 10.3. The lowest BCUT2D eigenvalue weighted by molar-refractivity contribution is 0.272. The number of hydrogen-bond donors (Lipinski definition) is 1. The van der Waals surface area contributed by atoms with Crippen LogP contribution in [-0.2, 0) is 23.7 Å². The summed E-state index contributed by atoms with van der Waals surface area (Å²) in [6.45, 7) is 1.60. The molecule has 7 heteroatoms. The maximum Gasteiger partial charge on any atom is 0.265 e. The molecule has 0 radical (unpaired) electrons. The fourth-order valence-electron chi connectivity index (χ4n) is 2.13. The summed E-state index contributed by atoms with van der Waals surface area (Å²) in [6.07, 6.45) is 1.43. The summed E-state index contributed by atoms with van der Waals surface area (Å²) < 4.78 is 41.3. The van der Waals surface area contributed by atoms with Gasteiger partial charge in [0.2, 0.25) is 0 Å². The van der Waals surface area contributed by atoms with Gasteiger partial charge in [0.15, 0.2) is 0 Å². The number of sulfonamides is 1. The molecule has 1 heterocycles. The molecule has 0 aliphatic rings. The van der Waals surface area contributed by atoms with Gasteiger partial charge in [0.05, 0.1) is 12.3 Å². The van der Waals surface area contributed by atoms with E-state index in [1.165, 1.54) is 30.5 Å². The molecular weight excluding hydrogens is 295 g/mol. The summed E-state index contributed by atoms with van der Waals surface area (Å²) in [4.78, 5) is 0.0696. The number of benzene rings is 1. The van der Waals surface area contributed by atoms with Crippen LogP contribution in [0.3, 0.4) is 0 Å². The van der Waals surface area contributed by atoms with Gasteiger partial charge in [-0.15, -0.1) is 0 Å². The third-order valence-corrected chi connectivity index (χ3v) is 5.08. The summed E-state index contributed by atoms with van der Waals surface area (Å²) in [5.74, 6) is -0.495. The molecule has 0 saturated heterocycles. The lowest BCUT2D eigenvalue weighted by Crippen LogP contribution is -2.30. The molecule has 1 aromatic carbocycles. The average Bonchev–Trinajstić information content (AvgIpc) is 2.81. The molecule has 2 rings (SSSR count).